The molecule has 0 spiro atoms. The molecule has 1 saturated carbocycles. The fourth-order valence-corrected chi connectivity index (χ4v) is 4.64. The monoisotopic (exact) mass is 551 g/mol. The molecule has 11 heteroatoms. The number of ether oxygens (including phenoxy) is 2. The van der Waals surface area contributed by atoms with Crippen molar-refractivity contribution in [1.29, 1.82) is 0 Å². The van der Waals surface area contributed by atoms with Crippen LogP contribution < -0.4 is 15.2 Å². The number of hydrogen-bond donors (Lipinski definition) is 2. The van der Waals surface area contributed by atoms with Gasteiger partial charge in [0.25, 0.3) is 5.91 Å². The van der Waals surface area contributed by atoms with E-state index in [4.69, 9.17) is 15.2 Å². The molecule has 2 aliphatic rings. The number of hydrogen-bond acceptors (Lipinski definition) is 7. The Kier molecular flexibility index (Phi) is 7.75. The molecule has 1 unspecified atom stereocenters. The highest BCUT2D eigenvalue weighted by Crippen LogP contribution is 2.30. The zero-order chi connectivity index (χ0) is 28.4. The summed E-state index contributed by atoms with van der Waals surface area (Å²) in [7, 11) is 0. The van der Waals surface area contributed by atoms with Crippen LogP contribution in [0, 0.1) is 0 Å². The Morgan fingerprint density at radius 2 is 1.93 bits per heavy atom. The highest BCUT2D eigenvalue weighted by Gasteiger charge is 2.34. The van der Waals surface area contributed by atoms with E-state index in [1.54, 1.807) is 67.5 Å². The zero-order valence-corrected chi connectivity index (χ0v) is 22.6. The number of carbonyl (C=O) groups excluding carboxylic acids is 2. The highest BCUT2D eigenvalue weighted by molar-refractivity contribution is 5.97. The van der Waals surface area contributed by atoms with Crippen molar-refractivity contribution in [1.82, 2.24) is 19.7 Å². The average molecular weight is 552 g/mol. The summed E-state index contributed by atoms with van der Waals surface area (Å²) < 4.78 is 28.4. The lowest BCUT2D eigenvalue weighted by Gasteiger charge is -2.35. The Balaban J connectivity index is 1.19. The first-order valence-corrected chi connectivity index (χ1v) is 13.4. The summed E-state index contributed by atoms with van der Waals surface area (Å²) >= 11 is 0. The molecule has 40 heavy (non-hydrogen) atoms. The van der Waals surface area contributed by atoms with Gasteiger partial charge in [-0.05, 0) is 56.5 Å². The van der Waals surface area contributed by atoms with Gasteiger partial charge >= 0.3 is 0 Å². The number of nitrogens with two attached hydrogens (primary N) is 1. The van der Waals surface area contributed by atoms with E-state index in [0.29, 0.717) is 30.1 Å². The zero-order valence-electron chi connectivity index (χ0n) is 22.6. The summed E-state index contributed by atoms with van der Waals surface area (Å²) in [5.74, 6) is -0.0449. The van der Waals surface area contributed by atoms with Crippen LogP contribution in [0.25, 0.3) is 11.1 Å². The van der Waals surface area contributed by atoms with E-state index in [-0.39, 0.29) is 42.7 Å². The quantitative estimate of drug-likeness (QED) is 0.396. The first-order valence-electron chi connectivity index (χ1n) is 13.4. The second kappa shape index (κ2) is 11.2. The van der Waals surface area contributed by atoms with Crippen LogP contribution in [0.2, 0.25) is 0 Å². The first-order chi connectivity index (χ1) is 19.0. The van der Waals surface area contributed by atoms with Crippen molar-refractivity contribution in [3.8, 4) is 22.6 Å². The number of rotatable bonds is 10. The first kappa shape index (κ1) is 27.6. The van der Waals surface area contributed by atoms with Crippen LogP contribution >= 0.6 is 0 Å². The van der Waals surface area contributed by atoms with Gasteiger partial charge in [0, 0.05) is 30.4 Å². The number of benzene rings is 1. The van der Waals surface area contributed by atoms with Gasteiger partial charge in [-0.1, -0.05) is 6.07 Å². The molecule has 2 atom stereocenters. The number of primary amides is 1. The number of piperidine rings is 1. The van der Waals surface area contributed by atoms with Crippen LogP contribution in [0.4, 0.5) is 4.39 Å². The molecule has 3 aromatic rings. The molecule has 0 bridgehead atoms. The number of halogens is 1. The lowest BCUT2D eigenvalue weighted by atomic mass is 10.0. The highest BCUT2D eigenvalue weighted by atomic mass is 19.1. The van der Waals surface area contributed by atoms with E-state index >= 15 is 4.39 Å². The molecule has 10 nitrogen and oxygen atoms in total. The van der Waals surface area contributed by atoms with Crippen LogP contribution in [0.15, 0.2) is 48.9 Å². The molecule has 0 radical (unpaired) electrons. The molecule has 2 fully saturated rings. The Hall–Kier alpha value is -3.99. The molecule has 5 rings (SSSR count). The minimum absolute atomic E-state index is 0.0711. The Morgan fingerprint density at radius 1 is 1.12 bits per heavy atom. The average Bonchev–Trinajstić information content (AvgIpc) is 3.60. The van der Waals surface area contributed by atoms with Gasteiger partial charge in [-0.3, -0.25) is 19.3 Å². The van der Waals surface area contributed by atoms with Gasteiger partial charge in [0.2, 0.25) is 5.91 Å². The lowest BCUT2D eigenvalue weighted by Crippen LogP contribution is -2.49. The molecule has 1 aliphatic heterocycles. The molecule has 212 valence electrons. The fraction of sp³-hybridized carbons (Fsp3) is 0.448. The van der Waals surface area contributed by atoms with Crippen molar-refractivity contribution < 1.29 is 28.6 Å². The van der Waals surface area contributed by atoms with Gasteiger partial charge in [-0.2, -0.15) is 5.10 Å². The Bertz CT molecular complexity index is 1370. The maximum absolute atomic E-state index is 15.2. The maximum atomic E-state index is 15.2. The van der Waals surface area contributed by atoms with Crippen LogP contribution in [-0.2, 0) is 17.8 Å². The van der Waals surface area contributed by atoms with Crippen molar-refractivity contribution in [3.05, 3.63) is 60.2 Å². The number of nitrogens with zero attached hydrogens (tertiary/aromatic N) is 4. The molecule has 2 amide bonds. The van der Waals surface area contributed by atoms with Gasteiger partial charge in [0.15, 0.2) is 6.17 Å². The van der Waals surface area contributed by atoms with Gasteiger partial charge in [0.1, 0.15) is 17.6 Å². The number of likely N-dealkylation sites (tertiary alicyclic amines) is 1. The normalized spacial score (nSPS) is 19.4. The van der Waals surface area contributed by atoms with Crippen molar-refractivity contribution in [2.24, 2.45) is 5.73 Å². The minimum Gasteiger partial charge on any atom is -0.489 e. The molecule has 1 aliphatic carbocycles. The van der Waals surface area contributed by atoms with Crippen molar-refractivity contribution in [2.45, 2.75) is 70.1 Å². The number of aromatic nitrogens is 3. The Labute approximate surface area is 231 Å². The van der Waals surface area contributed by atoms with Crippen LogP contribution in [0.1, 0.15) is 49.2 Å². The maximum Gasteiger partial charge on any atom is 0.252 e. The number of pyridine rings is 1. The van der Waals surface area contributed by atoms with Gasteiger partial charge in [0.05, 0.1) is 49.2 Å². The third kappa shape index (κ3) is 6.95. The second-order valence-corrected chi connectivity index (χ2v) is 11.1. The minimum atomic E-state index is -1.44. The lowest BCUT2D eigenvalue weighted by molar-refractivity contribution is -0.134. The van der Waals surface area contributed by atoms with Crippen molar-refractivity contribution in [2.75, 3.05) is 13.1 Å². The Morgan fingerprint density at radius 3 is 2.58 bits per heavy atom. The third-order valence-corrected chi connectivity index (χ3v) is 6.83. The largest absolute Gasteiger partial charge is 0.489 e. The summed E-state index contributed by atoms with van der Waals surface area (Å²) in [5, 5.41) is 14.3. The van der Waals surface area contributed by atoms with E-state index < -0.39 is 23.8 Å². The van der Waals surface area contributed by atoms with E-state index in [1.165, 1.54) is 4.90 Å². The predicted octanol–water partition coefficient (Wildman–Crippen LogP) is 2.92. The third-order valence-electron chi connectivity index (χ3n) is 6.83. The van der Waals surface area contributed by atoms with Crippen LogP contribution in [0.5, 0.6) is 11.5 Å². The SMILES string of the molecule is CC(C)(O)Cn1cc(-c2ccc(O[C@@H]3CCN(C(=O)Cc4ccc(OC5CC5)cn4)CC3F)c(C(N)=O)c2)cn1. The van der Waals surface area contributed by atoms with E-state index in [2.05, 4.69) is 10.1 Å². The summed E-state index contributed by atoms with van der Waals surface area (Å²) in [5.41, 5.74) is 6.82. The molecule has 3 heterocycles. The second-order valence-electron chi connectivity index (χ2n) is 11.1. The molecule has 3 N–H and O–H groups in total. The topological polar surface area (TPSA) is 133 Å². The van der Waals surface area contributed by atoms with Gasteiger partial charge in [-0.25, -0.2) is 4.39 Å². The van der Waals surface area contributed by atoms with Crippen LogP contribution in [0.3, 0.4) is 0 Å². The van der Waals surface area contributed by atoms with Crippen LogP contribution in [-0.4, -0.2) is 73.7 Å². The molecular formula is C29H34FN5O5. The number of carbonyl (C=O) groups is 2. The standard InChI is InChI=1S/C29H34FN5O5/c1-29(2,38)17-35-15-19(13-33-35)18-3-8-25(23(11-18)28(31)37)40-26-9-10-34(16-24(26)30)27(36)12-20-4-5-22(14-32-20)39-21-6-7-21/h3-5,8,11,13-15,21,24,26,38H,6-7,9-10,12,16-17H2,1-2H3,(H2,31,37)/t24?,26-/m1/s1. The van der Waals surface area contributed by atoms with E-state index in [9.17, 15) is 14.7 Å². The summed E-state index contributed by atoms with van der Waals surface area (Å²) in [6.07, 6.45) is 5.43. The number of amides is 2. The van der Waals surface area contributed by atoms with Gasteiger partial charge in [-0.15, -0.1) is 0 Å². The fourth-order valence-electron chi connectivity index (χ4n) is 4.64. The van der Waals surface area contributed by atoms with E-state index in [0.717, 1.165) is 18.4 Å². The molecular weight excluding hydrogens is 517 g/mol. The smallest absolute Gasteiger partial charge is 0.252 e. The molecule has 2 aromatic heterocycles. The van der Waals surface area contributed by atoms with Crippen molar-refractivity contribution >= 4 is 11.8 Å². The number of alkyl halides is 1. The summed E-state index contributed by atoms with van der Waals surface area (Å²) in [6.45, 7) is 3.87. The van der Waals surface area contributed by atoms with Crippen molar-refractivity contribution in [3.63, 3.8) is 0 Å². The van der Waals surface area contributed by atoms with E-state index in [1.807, 2.05) is 0 Å². The molecule has 1 saturated heterocycles. The van der Waals surface area contributed by atoms with Gasteiger partial charge < -0.3 is 25.2 Å². The summed E-state index contributed by atoms with van der Waals surface area (Å²) in [6, 6.07) is 8.48. The summed E-state index contributed by atoms with van der Waals surface area (Å²) in [4.78, 5) is 30.8. The molecule has 1 aromatic carbocycles. The predicted molar refractivity (Wildman–Crippen MR) is 145 cm³/mol. The number of aliphatic hydroxyl groups is 1.